The highest BCUT2D eigenvalue weighted by atomic mass is 32.1. The maximum atomic E-state index is 12.6. The lowest BCUT2D eigenvalue weighted by molar-refractivity contribution is -0.136. The summed E-state index contributed by atoms with van der Waals surface area (Å²) in [6.45, 7) is 7.78. The Labute approximate surface area is 219 Å². The zero-order valence-corrected chi connectivity index (χ0v) is 21.8. The molecule has 37 heavy (non-hydrogen) atoms. The number of nitrogens with zero attached hydrogens (tertiary/aromatic N) is 8. The SMILES string of the molecule is Cc1cn2c(-c3cnn(CC(=O)N4CCOCC4)c3)cnc2c(Nc2cc(CN3CCCCC3)ns2)n1. The predicted octanol–water partition coefficient (Wildman–Crippen LogP) is 2.95. The number of piperidine rings is 1. The Balaban J connectivity index is 1.19. The molecule has 2 aliphatic rings. The van der Waals surface area contributed by atoms with E-state index in [1.54, 1.807) is 10.9 Å². The van der Waals surface area contributed by atoms with Crippen LogP contribution in [0.4, 0.5) is 10.8 Å². The van der Waals surface area contributed by atoms with Crippen molar-refractivity contribution in [3.05, 3.63) is 42.2 Å². The molecular weight excluding hydrogens is 490 g/mol. The molecule has 4 aromatic heterocycles. The Kier molecular flexibility index (Phi) is 6.85. The Bertz CT molecular complexity index is 1380. The van der Waals surface area contributed by atoms with Gasteiger partial charge in [-0.15, -0.1) is 0 Å². The smallest absolute Gasteiger partial charge is 0.244 e. The molecule has 0 unspecified atom stereocenters. The number of carbonyl (C=O) groups is 1. The Morgan fingerprint density at radius 3 is 2.78 bits per heavy atom. The van der Waals surface area contributed by atoms with Crippen LogP contribution in [-0.4, -0.2) is 83.6 Å². The van der Waals surface area contributed by atoms with Gasteiger partial charge in [0.05, 0.1) is 42.7 Å². The first-order valence-electron chi connectivity index (χ1n) is 12.8. The molecule has 0 bridgehead atoms. The van der Waals surface area contributed by atoms with Crippen molar-refractivity contribution in [1.29, 1.82) is 0 Å². The van der Waals surface area contributed by atoms with Gasteiger partial charge in [-0.1, -0.05) is 6.42 Å². The van der Waals surface area contributed by atoms with Gasteiger partial charge < -0.3 is 15.0 Å². The monoisotopic (exact) mass is 521 g/mol. The van der Waals surface area contributed by atoms with E-state index in [0.29, 0.717) is 32.1 Å². The molecule has 2 aliphatic heterocycles. The van der Waals surface area contributed by atoms with Gasteiger partial charge >= 0.3 is 0 Å². The standard InChI is InChI=1S/C25H31N9O2S/c1-18-14-34-21(19-12-27-33(15-19)17-23(35)32-7-9-36-10-8-32)13-26-25(34)24(28-18)29-22-11-20(30-37-22)16-31-5-3-2-4-6-31/h11-15H,2-10,16-17H2,1H3,(H,28,29). The van der Waals surface area contributed by atoms with Crippen LogP contribution in [0.15, 0.2) is 30.9 Å². The van der Waals surface area contributed by atoms with Crippen LogP contribution in [-0.2, 0) is 22.6 Å². The fourth-order valence-electron chi connectivity index (χ4n) is 4.95. The summed E-state index contributed by atoms with van der Waals surface area (Å²) < 4.78 is 13.7. The molecule has 2 saturated heterocycles. The van der Waals surface area contributed by atoms with Gasteiger partial charge in [-0.05, 0) is 50.5 Å². The molecule has 6 heterocycles. The maximum Gasteiger partial charge on any atom is 0.244 e. The molecule has 2 fully saturated rings. The summed E-state index contributed by atoms with van der Waals surface area (Å²) in [5.41, 5.74) is 4.45. The predicted molar refractivity (Wildman–Crippen MR) is 141 cm³/mol. The molecule has 11 nitrogen and oxygen atoms in total. The number of rotatable bonds is 7. The van der Waals surface area contributed by atoms with Crippen molar-refractivity contribution in [3.8, 4) is 11.3 Å². The summed E-state index contributed by atoms with van der Waals surface area (Å²) >= 11 is 1.45. The third kappa shape index (κ3) is 5.36. The highest BCUT2D eigenvalue weighted by Crippen LogP contribution is 2.28. The van der Waals surface area contributed by atoms with Gasteiger partial charge in [0.15, 0.2) is 11.5 Å². The molecule has 0 atom stereocenters. The average Bonchev–Trinajstić information content (AvgIpc) is 3.65. The number of nitrogens with one attached hydrogen (secondary N) is 1. The van der Waals surface area contributed by atoms with Gasteiger partial charge in [0.2, 0.25) is 5.91 Å². The van der Waals surface area contributed by atoms with Crippen molar-refractivity contribution in [2.75, 3.05) is 44.7 Å². The zero-order valence-electron chi connectivity index (χ0n) is 21.0. The molecular formula is C25H31N9O2S. The van der Waals surface area contributed by atoms with Crippen molar-refractivity contribution in [1.82, 2.24) is 38.3 Å². The first kappa shape index (κ1) is 24.0. The summed E-state index contributed by atoms with van der Waals surface area (Å²) in [4.78, 5) is 26.3. The number of carbonyl (C=O) groups excluding carboxylic acids is 1. The van der Waals surface area contributed by atoms with Crippen molar-refractivity contribution in [2.45, 2.75) is 39.3 Å². The third-order valence-corrected chi connectivity index (χ3v) is 7.58. The number of fused-ring (bicyclic) bond motifs is 1. The van der Waals surface area contributed by atoms with Gasteiger partial charge in [-0.2, -0.15) is 9.47 Å². The number of aromatic nitrogens is 6. The van der Waals surface area contributed by atoms with Crippen LogP contribution < -0.4 is 5.32 Å². The number of morpholine rings is 1. The van der Waals surface area contributed by atoms with Gasteiger partial charge in [0, 0.05) is 37.6 Å². The van der Waals surface area contributed by atoms with E-state index < -0.39 is 0 Å². The van der Waals surface area contributed by atoms with E-state index in [2.05, 4.69) is 30.7 Å². The second-order valence-electron chi connectivity index (χ2n) is 9.63. The topological polar surface area (TPSA) is 106 Å². The van der Waals surface area contributed by atoms with Crippen LogP contribution in [0.1, 0.15) is 30.7 Å². The van der Waals surface area contributed by atoms with Crippen LogP contribution in [0.2, 0.25) is 0 Å². The molecule has 12 heteroatoms. The van der Waals surface area contributed by atoms with Gasteiger partial charge in [0.25, 0.3) is 0 Å². The van der Waals surface area contributed by atoms with Crippen molar-refractivity contribution < 1.29 is 9.53 Å². The van der Waals surface area contributed by atoms with E-state index in [9.17, 15) is 4.79 Å². The molecule has 0 aliphatic carbocycles. The number of hydrogen-bond donors (Lipinski definition) is 1. The number of amides is 1. The second-order valence-corrected chi connectivity index (χ2v) is 10.4. The van der Waals surface area contributed by atoms with Gasteiger partial charge in [0.1, 0.15) is 11.5 Å². The van der Waals surface area contributed by atoms with E-state index in [4.69, 9.17) is 9.72 Å². The fourth-order valence-corrected chi connectivity index (χ4v) is 5.61. The van der Waals surface area contributed by atoms with E-state index in [0.717, 1.165) is 52.9 Å². The molecule has 0 spiro atoms. The Morgan fingerprint density at radius 1 is 1.11 bits per heavy atom. The molecule has 6 rings (SSSR count). The number of hydrogen-bond acceptors (Lipinski definition) is 9. The highest BCUT2D eigenvalue weighted by molar-refractivity contribution is 7.10. The highest BCUT2D eigenvalue weighted by Gasteiger charge is 2.19. The minimum Gasteiger partial charge on any atom is -0.378 e. The summed E-state index contributed by atoms with van der Waals surface area (Å²) in [5, 5.41) is 8.82. The first-order chi connectivity index (χ1) is 18.1. The largest absolute Gasteiger partial charge is 0.378 e. The van der Waals surface area contributed by atoms with Gasteiger partial charge in [-0.25, -0.2) is 9.97 Å². The molecule has 194 valence electrons. The lowest BCUT2D eigenvalue weighted by atomic mass is 10.1. The number of imidazole rings is 1. The first-order valence-corrected chi connectivity index (χ1v) is 13.6. The van der Waals surface area contributed by atoms with Crippen molar-refractivity contribution >= 4 is 33.9 Å². The van der Waals surface area contributed by atoms with Crippen molar-refractivity contribution in [2.24, 2.45) is 0 Å². The summed E-state index contributed by atoms with van der Waals surface area (Å²) in [7, 11) is 0. The molecule has 1 amide bonds. The average molecular weight is 522 g/mol. The van der Waals surface area contributed by atoms with E-state index in [1.807, 2.05) is 34.8 Å². The third-order valence-electron chi connectivity index (χ3n) is 6.84. The van der Waals surface area contributed by atoms with Crippen LogP contribution in [0, 0.1) is 6.92 Å². The lowest BCUT2D eigenvalue weighted by Crippen LogP contribution is -2.42. The quantitative estimate of drug-likeness (QED) is 0.396. The van der Waals surface area contributed by atoms with Crippen LogP contribution in [0.25, 0.3) is 16.9 Å². The molecule has 0 radical (unpaired) electrons. The molecule has 0 saturated carbocycles. The van der Waals surface area contributed by atoms with E-state index >= 15 is 0 Å². The minimum atomic E-state index is 0.0480. The number of anilines is 2. The molecule has 4 aromatic rings. The summed E-state index contributed by atoms with van der Waals surface area (Å²) in [5.74, 6) is 0.737. The number of ether oxygens (including phenoxy) is 1. The number of aryl methyl sites for hydroxylation is 1. The molecule has 0 aromatic carbocycles. The second kappa shape index (κ2) is 10.6. The van der Waals surface area contributed by atoms with E-state index in [1.165, 1.54) is 30.8 Å². The minimum absolute atomic E-state index is 0.0480. The lowest BCUT2D eigenvalue weighted by Gasteiger charge is -2.26. The maximum absolute atomic E-state index is 12.6. The Morgan fingerprint density at radius 2 is 1.95 bits per heavy atom. The van der Waals surface area contributed by atoms with Crippen LogP contribution in [0.3, 0.4) is 0 Å². The van der Waals surface area contributed by atoms with Crippen LogP contribution in [0.5, 0.6) is 0 Å². The Hall–Kier alpha value is -3.35. The summed E-state index contributed by atoms with van der Waals surface area (Å²) in [6.07, 6.45) is 11.3. The molecule has 1 N–H and O–H groups in total. The fraction of sp³-hybridized carbons (Fsp3) is 0.480. The zero-order chi connectivity index (χ0) is 25.2. The van der Waals surface area contributed by atoms with Crippen LogP contribution >= 0.6 is 11.5 Å². The van der Waals surface area contributed by atoms with E-state index in [-0.39, 0.29) is 12.5 Å². The van der Waals surface area contributed by atoms with Crippen molar-refractivity contribution in [3.63, 3.8) is 0 Å². The summed E-state index contributed by atoms with van der Waals surface area (Å²) in [6, 6.07) is 2.11. The van der Waals surface area contributed by atoms with Gasteiger partial charge in [-0.3, -0.25) is 18.8 Å². The number of likely N-dealkylation sites (tertiary alicyclic amines) is 1. The normalized spacial score (nSPS) is 16.9.